The SMILES string of the molecule is COc1ccc(C(=O)N[C@H](C(=O)NCc2ccccc2CN(C)C)C(C)C)cc1. The number of carbonyl (C=O) groups excluding carboxylic acids is 2. The lowest BCUT2D eigenvalue weighted by Crippen LogP contribution is -2.49. The number of amides is 2. The highest BCUT2D eigenvalue weighted by Crippen LogP contribution is 2.13. The Balaban J connectivity index is 2.03. The molecule has 6 nitrogen and oxygen atoms in total. The molecule has 0 aliphatic carbocycles. The van der Waals surface area contributed by atoms with Gasteiger partial charge in [0.1, 0.15) is 11.8 Å². The quantitative estimate of drug-likeness (QED) is 0.683. The lowest BCUT2D eigenvalue weighted by Gasteiger charge is -2.22. The molecule has 0 spiro atoms. The number of carbonyl (C=O) groups is 2. The summed E-state index contributed by atoms with van der Waals surface area (Å²) in [5.41, 5.74) is 2.72. The smallest absolute Gasteiger partial charge is 0.251 e. The summed E-state index contributed by atoms with van der Waals surface area (Å²) in [4.78, 5) is 27.5. The number of rotatable bonds is 9. The van der Waals surface area contributed by atoms with Crippen LogP contribution in [0.3, 0.4) is 0 Å². The first-order chi connectivity index (χ1) is 13.8. The summed E-state index contributed by atoms with van der Waals surface area (Å²) in [5.74, 6) is 0.154. The van der Waals surface area contributed by atoms with Gasteiger partial charge in [0.05, 0.1) is 7.11 Å². The molecule has 2 aromatic rings. The van der Waals surface area contributed by atoms with Crippen LogP contribution < -0.4 is 15.4 Å². The Morgan fingerprint density at radius 1 is 1.00 bits per heavy atom. The molecule has 2 amide bonds. The van der Waals surface area contributed by atoms with Crippen molar-refractivity contribution < 1.29 is 14.3 Å². The molecule has 2 aromatic carbocycles. The molecule has 0 unspecified atom stereocenters. The van der Waals surface area contributed by atoms with Crippen LogP contribution in [0.15, 0.2) is 48.5 Å². The number of nitrogens with one attached hydrogen (secondary N) is 2. The number of methoxy groups -OCH3 is 1. The molecule has 0 saturated carbocycles. The summed E-state index contributed by atoms with van der Waals surface area (Å²) in [6, 6.07) is 14.2. The molecule has 0 aliphatic rings. The zero-order valence-electron chi connectivity index (χ0n) is 17.9. The molecule has 0 aliphatic heterocycles. The fourth-order valence-electron chi connectivity index (χ4n) is 3.02. The minimum Gasteiger partial charge on any atom is -0.497 e. The molecule has 156 valence electrons. The van der Waals surface area contributed by atoms with Crippen LogP contribution in [0.5, 0.6) is 5.75 Å². The first-order valence-corrected chi connectivity index (χ1v) is 9.76. The van der Waals surface area contributed by atoms with Gasteiger partial charge in [0.15, 0.2) is 0 Å². The molecule has 0 radical (unpaired) electrons. The average molecular weight is 398 g/mol. The van der Waals surface area contributed by atoms with Gasteiger partial charge in [0, 0.05) is 18.7 Å². The van der Waals surface area contributed by atoms with Crippen LogP contribution in [0.1, 0.15) is 35.3 Å². The van der Waals surface area contributed by atoms with Crippen molar-refractivity contribution in [2.75, 3.05) is 21.2 Å². The largest absolute Gasteiger partial charge is 0.497 e. The lowest BCUT2D eigenvalue weighted by atomic mass is 10.0. The van der Waals surface area contributed by atoms with Gasteiger partial charge in [0.2, 0.25) is 5.91 Å². The number of nitrogens with zero attached hydrogens (tertiary/aromatic N) is 1. The van der Waals surface area contributed by atoms with Crippen molar-refractivity contribution in [2.24, 2.45) is 5.92 Å². The monoisotopic (exact) mass is 397 g/mol. The third-order valence-corrected chi connectivity index (χ3v) is 4.65. The molecule has 6 heteroatoms. The Labute approximate surface area is 173 Å². The van der Waals surface area contributed by atoms with Crippen LogP contribution >= 0.6 is 0 Å². The van der Waals surface area contributed by atoms with Gasteiger partial charge in [-0.2, -0.15) is 0 Å². The zero-order valence-corrected chi connectivity index (χ0v) is 17.9. The highest BCUT2D eigenvalue weighted by Gasteiger charge is 2.24. The maximum atomic E-state index is 12.8. The van der Waals surface area contributed by atoms with Crippen LogP contribution in [0.4, 0.5) is 0 Å². The number of hydrogen-bond donors (Lipinski definition) is 2. The Kier molecular flexibility index (Phi) is 8.21. The first-order valence-electron chi connectivity index (χ1n) is 9.76. The lowest BCUT2D eigenvalue weighted by molar-refractivity contribution is -0.124. The third-order valence-electron chi connectivity index (χ3n) is 4.65. The van der Waals surface area contributed by atoms with Gasteiger partial charge in [-0.3, -0.25) is 9.59 Å². The van der Waals surface area contributed by atoms with Crippen molar-refractivity contribution >= 4 is 11.8 Å². The van der Waals surface area contributed by atoms with Gasteiger partial charge < -0.3 is 20.3 Å². The molecule has 29 heavy (non-hydrogen) atoms. The van der Waals surface area contributed by atoms with E-state index in [1.807, 2.05) is 46.1 Å². The molecule has 1 atom stereocenters. The standard InChI is InChI=1S/C23H31N3O3/c1-16(2)21(25-22(27)17-10-12-20(29-5)13-11-17)23(28)24-14-18-8-6-7-9-19(18)15-26(3)4/h6-13,16,21H,14-15H2,1-5H3,(H,24,28)(H,25,27)/t21-/m0/s1. The molecule has 2 N–H and O–H groups in total. The fraction of sp³-hybridized carbons (Fsp3) is 0.391. The summed E-state index contributed by atoms with van der Waals surface area (Å²) in [6.45, 7) is 5.05. The molecular weight excluding hydrogens is 366 g/mol. The van der Waals surface area contributed by atoms with Gasteiger partial charge in [-0.05, 0) is 55.4 Å². The van der Waals surface area contributed by atoms with Crippen molar-refractivity contribution in [3.8, 4) is 5.75 Å². The average Bonchev–Trinajstić information content (AvgIpc) is 2.70. The van der Waals surface area contributed by atoms with Crippen molar-refractivity contribution in [1.82, 2.24) is 15.5 Å². The Morgan fingerprint density at radius 3 is 2.17 bits per heavy atom. The topological polar surface area (TPSA) is 70.7 Å². The molecule has 0 aromatic heterocycles. The molecule has 0 heterocycles. The predicted octanol–water partition coefficient (Wildman–Crippen LogP) is 2.83. The van der Waals surface area contributed by atoms with E-state index in [-0.39, 0.29) is 17.7 Å². The normalized spacial score (nSPS) is 12.0. The second-order valence-electron chi connectivity index (χ2n) is 7.65. The van der Waals surface area contributed by atoms with Crippen molar-refractivity contribution in [3.63, 3.8) is 0 Å². The molecule has 0 fully saturated rings. The number of hydrogen-bond acceptors (Lipinski definition) is 4. The third kappa shape index (κ3) is 6.61. The summed E-state index contributed by atoms with van der Waals surface area (Å²) in [5, 5.41) is 5.83. The predicted molar refractivity (Wildman–Crippen MR) is 115 cm³/mol. The van der Waals surface area contributed by atoms with E-state index in [0.717, 1.165) is 12.1 Å². The summed E-state index contributed by atoms with van der Waals surface area (Å²) in [7, 11) is 5.60. The molecule has 0 bridgehead atoms. The maximum Gasteiger partial charge on any atom is 0.251 e. The van der Waals surface area contributed by atoms with Gasteiger partial charge >= 0.3 is 0 Å². The molecular formula is C23H31N3O3. The van der Waals surface area contributed by atoms with Crippen LogP contribution in [0.25, 0.3) is 0 Å². The van der Waals surface area contributed by atoms with E-state index in [1.54, 1.807) is 31.4 Å². The van der Waals surface area contributed by atoms with Crippen LogP contribution in [-0.4, -0.2) is 44.0 Å². The van der Waals surface area contributed by atoms with E-state index in [1.165, 1.54) is 5.56 Å². The second kappa shape index (κ2) is 10.6. The maximum absolute atomic E-state index is 12.8. The summed E-state index contributed by atoms with van der Waals surface area (Å²) >= 11 is 0. The Hall–Kier alpha value is -2.86. The first kappa shape index (κ1) is 22.4. The van der Waals surface area contributed by atoms with Crippen molar-refractivity contribution in [1.29, 1.82) is 0 Å². The Morgan fingerprint density at radius 2 is 1.62 bits per heavy atom. The van der Waals surface area contributed by atoms with Gasteiger partial charge in [-0.15, -0.1) is 0 Å². The second-order valence-corrected chi connectivity index (χ2v) is 7.65. The molecule has 0 saturated heterocycles. The van der Waals surface area contributed by atoms with Crippen LogP contribution in [0, 0.1) is 5.92 Å². The van der Waals surface area contributed by atoms with E-state index in [9.17, 15) is 9.59 Å². The van der Waals surface area contributed by atoms with Gasteiger partial charge in [0.25, 0.3) is 5.91 Å². The van der Waals surface area contributed by atoms with Crippen LogP contribution in [-0.2, 0) is 17.9 Å². The van der Waals surface area contributed by atoms with E-state index in [2.05, 4.69) is 21.6 Å². The summed E-state index contributed by atoms with van der Waals surface area (Å²) in [6.07, 6.45) is 0. The van der Waals surface area contributed by atoms with E-state index in [0.29, 0.717) is 17.9 Å². The van der Waals surface area contributed by atoms with E-state index < -0.39 is 6.04 Å². The van der Waals surface area contributed by atoms with Gasteiger partial charge in [-0.25, -0.2) is 0 Å². The number of ether oxygens (including phenoxy) is 1. The van der Waals surface area contributed by atoms with Crippen LogP contribution in [0.2, 0.25) is 0 Å². The molecule has 2 rings (SSSR count). The van der Waals surface area contributed by atoms with E-state index in [4.69, 9.17) is 4.74 Å². The minimum absolute atomic E-state index is 0.0470. The van der Waals surface area contributed by atoms with Gasteiger partial charge in [-0.1, -0.05) is 38.1 Å². The van der Waals surface area contributed by atoms with E-state index >= 15 is 0 Å². The minimum atomic E-state index is -0.620. The van der Waals surface area contributed by atoms with Crippen molar-refractivity contribution in [2.45, 2.75) is 33.0 Å². The fourth-order valence-corrected chi connectivity index (χ4v) is 3.02. The zero-order chi connectivity index (χ0) is 21.4. The Bertz CT molecular complexity index is 816. The number of benzene rings is 2. The van der Waals surface area contributed by atoms with Crippen molar-refractivity contribution in [3.05, 3.63) is 65.2 Å². The summed E-state index contributed by atoms with van der Waals surface area (Å²) < 4.78 is 5.12. The highest BCUT2D eigenvalue weighted by atomic mass is 16.5. The highest BCUT2D eigenvalue weighted by molar-refractivity contribution is 5.97.